The fourth-order valence-corrected chi connectivity index (χ4v) is 10.6. The summed E-state index contributed by atoms with van der Waals surface area (Å²) in [5.74, 6) is -7.09. The molecule has 3 amide bonds. The number of rotatable bonds is 27. The van der Waals surface area contributed by atoms with Crippen LogP contribution in [0.2, 0.25) is 0 Å². The van der Waals surface area contributed by atoms with Crippen LogP contribution in [0.1, 0.15) is 20.3 Å². The second-order valence-corrected chi connectivity index (χ2v) is 21.1. The molecular weight excluding hydrogens is 1180 g/mol. The Labute approximate surface area is 486 Å². The molecule has 0 aliphatic carbocycles. The average molecular weight is 1260 g/mol. The van der Waals surface area contributed by atoms with E-state index in [0.717, 1.165) is 13.8 Å². The van der Waals surface area contributed by atoms with Crippen LogP contribution in [0.5, 0.6) is 0 Å². The monoisotopic (exact) mass is 1260 g/mol. The summed E-state index contributed by atoms with van der Waals surface area (Å²) in [5, 5.41) is 223. The van der Waals surface area contributed by atoms with Crippen LogP contribution in [0, 0.1) is 0 Å². The molecule has 23 N–H and O–H groups in total. The van der Waals surface area contributed by atoms with E-state index in [1.54, 1.807) is 0 Å². The SMILES string of the molecule is CC(=O)N[C@H]1[C@H](O[C@H]2[C@@H](O)[C@@H](CO)O[C@H](O[C@H]3[C@@H](O)[C@@H](CO)O[C@@H](O[C@H]4[C@H](O)[C@@H](O)[C@H](OC[C@@H](CO)NC=O)O[C@@H]4CO)[C@@H]3O)[C@@H]2O)O[C@H](CO)[C@@H](O[C@@H]2O[C@H](CO)[C@H](O)[C@H](O[C@]3(C(=O)O)C[C@H](O)[C@@H](NC(C)=O)[C@H]([C@H](O)[C@H](O)CO)O3)[C@H]2O)[C@@H]1O. The molecule has 0 spiro atoms. The molecule has 6 aliphatic rings. The van der Waals surface area contributed by atoms with Gasteiger partial charge in [-0.25, -0.2) is 4.79 Å². The summed E-state index contributed by atoms with van der Waals surface area (Å²) in [6.45, 7) is -5.69. The molecule has 32 atom stereocenters. The minimum atomic E-state index is -3.22. The zero-order valence-corrected chi connectivity index (χ0v) is 45.8. The van der Waals surface area contributed by atoms with Crippen molar-refractivity contribution in [3.8, 4) is 0 Å². The van der Waals surface area contributed by atoms with Gasteiger partial charge in [0.1, 0.15) is 140 Å². The molecule has 6 fully saturated rings. The number of carbonyl (C=O) groups is 4. The van der Waals surface area contributed by atoms with Gasteiger partial charge in [0.2, 0.25) is 18.2 Å². The highest BCUT2D eigenvalue weighted by Crippen LogP contribution is 2.40. The number of nitrogens with one attached hydrogen (secondary N) is 3. The van der Waals surface area contributed by atoms with Crippen LogP contribution in [-0.2, 0) is 76.0 Å². The van der Waals surface area contributed by atoms with Gasteiger partial charge in [0.05, 0.1) is 71.0 Å². The normalized spacial score (nSPS) is 45.0. The Bertz CT molecular complexity index is 2150. The largest absolute Gasteiger partial charge is 0.477 e. The van der Waals surface area contributed by atoms with Gasteiger partial charge < -0.3 is 175 Å². The van der Waals surface area contributed by atoms with Crippen molar-refractivity contribution >= 4 is 24.2 Å². The summed E-state index contributed by atoms with van der Waals surface area (Å²) >= 11 is 0. The van der Waals surface area contributed by atoms with E-state index in [1.807, 2.05) is 0 Å². The van der Waals surface area contributed by atoms with Crippen LogP contribution >= 0.6 is 0 Å². The molecule has 6 rings (SSSR count). The molecule has 498 valence electrons. The van der Waals surface area contributed by atoms with Crippen molar-refractivity contribution in [2.24, 2.45) is 0 Å². The molecule has 0 bridgehead atoms. The Hall–Kier alpha value is -3.36. The second-order valence-electron chi connectivity index (χ2n) is 21.1. The highest BCUT2D eigenvalue weighted by molar-refractivity contribution is 5.76. The van der Waals surface area contributed by atoms with Crippen LogP contribution < -0.4 is 16.0 Å². The molecule has 86 heavy (non-hydrogen) atoms. The highest BCUT2D eigenvalue weighted by atomic mass is 16.8. The van der Waals surface area contributed by atoms with E-state index in [1.165, 1.54) is 0 Å². The smallest absolute Gasteiger partial charge is 0.364 e. The van der Waals surface area contributed by atoms with Crippen LogP contribution in [0.15, 0.2) is 0 Å². The Balaban J connectivity index is 1.21. The molecule has 6 heterocycles. The van der Waals surface area contributed by atoms with Gasteiger partial charge in [0.25, 0.3) is 5.79 Å². The number of hydrogen-bond acceptors (Lipinski definition) is 35. The van der Waals surface area contributed by atoms with Crippen molar-refractivity contribution < 1.29 is 178 Å². The first-order valence-electron chi connectivity index (χ1n) is 27.0. The Morgan fingerprint density at radius 2 is 0.942 bits per heavy atom. The van der Waals surface area contributed by atoms with E-state index in [0.29, 0.717) is 0 Å². The van der Waals surface area contributed by atoms with Crippen molar-refractivity contribution in [3.05, 3.63) is 0 Å². The topological polar surface area (TPSA) is 620 Å². The van der Waals surface area contributed by atoms with Gasteiger partial charge in [-0.1, -0.05) is 0 Å². The number of ether oxygens (including phenoxy) is 12. The minimum Gasteiger partial charge on any atom is -0.477 e. The summed E-state index contributed by atoms with van der Waals surface area (Å²) in [5.41, 5.74) is 0. The third-order valence-corrected chi connectivity index (χ3v) is 15.2. The molecule has 0 radical (unpaired) electrons. The number of carboxylic acids is 1. The van der Waals surface area contributed by atoms with Gasteiger partial charge in [0.15, 0.2) is 31.5 Å². The minimum absolute atomic E-state index is 0.262. The molecule has 6 aliphatic heterocycles. The van der Waals surface area contributed by atoms with E-state index in [2.05, 4.69) is 16.0 Å². The van der Waals surface area contributed by atoms with E-state index in [4.69, 9.17) is 56.8 Å². The number of amides is 3. The summed E-state index contributed by atoms with van der Waals surface area (Å²) in [6.07, 6.45) is -58.5. The summed E-state index contributed by atoms with van der Waals surface area (Å²) in [6, 6.07) is -4.59. The van der Waals surface area contributed by atoms with E-state index in [9.17, 15) is 121 Å². The maximum atomic E-state index is 13.0. The number of aliphatic hydroxyl groups is 19. The number of hydrogen-bond donors (Lipinski definition) is 23. The van der Waals surface area contributed by atoms with Crippen molar-refractivity contribution in [3.63, 3.8) is 0 Å². The summed E-state index contributed by atoms with van der Waals surface area (Å²) < 4.78 is 68.3. The molecule has 0 saturated carbocycles. The van der Waals surface area contributed by atoms with E-state index < -0.39 is 273 Å². The maximum absolute atomic E-state index is 13.0. The molecule has 39 heteroatoms. The van der Waals surface area contributed by atoms with Gasteiger partial charge >= 0.3 is 5.97 Å². The summed E-state index contributed by atoms with van der Waals surface area (Å²) in [7, 11) is 0. The second kappa shape index (κ2) is 31.6. The van der Waals surface area contributed by atoms with Gasteiger partial charge in [-0.3, -0.25) is 14.4 Å². The molecule has 0 aromatic heterocycles. The Morgan fingerprint density at radius 3 is 1.38 bits per heavy atom. The zero-order chi connectivity index (χ0) is 63.8. The van der Waals surface area contributed by atoms with Crippen LogP contribution in [0.4, 0.5) is 0 Å². The van der Waals surface area contributed by atoms with Crippen molar-refractivity contribution in [2.45, 2.75) is 216 Å². The lowest BCUT2D eigenvalue weighted by molar-refractivity contribution is -0.394. The quantitative estimate of drug-likeness (QED) is 0.0340. The lowest BCUT2D eigenvalue weighted by Crippen LogP contribution is -2.71. The highest BCUT2D eigenvalue weighted by Gasteiger charge is 2.62. The molecule has 0 aromatic carbocycles. The van der Waals surface area contributed by atoms with E-state index in [-0.39, 0.29) is 6.41 Å². The average Bonchev–Trinajstić information content (AvgIpc) is 1.73. The molecule has 39 nitrogen and oxygen atoms in total. The van der Waals surface area contributed by atoms with Crippen LogP contribution in [-0.4, -0.2) is 375 Å². The van der Waals surface area contributed by atoms with Crippen LogP contribution in [0.3, 0.4) is 0 Å². The Kier molecular flexibility index (Phi) is 26.3. The van der Waals surface area contributed by atoms with Gasteiger partial charge in [-0.05, 0) is 0 Å². The first kappa shape index (κ1) is 71.7. The fraction of sp³-hybridized carbons (Fsp3) is 0.915. The van der Waals surface area contributed by atoms with Crippen molar-refractivity contribution in [2.75, 3.05) is 52.9 Å². The van der Waals surface area contributed by atoms with Gasteiger partial charge in [-0.2, -0.15) is 0 Å². The maximum Gasteiger partial charge on any atom is 0.364 e. The van der Waals surface area contributed by atoms with Crippen LogP contribution in [0.25, 0.3) is 0 Å². The lowest BCUT2D eigenvalue weighted by Gasteiger charge is -2.51. The number of carboxylic acid groups (broad SMARTS) is 1. The zero-order valence-electron chi connectivity index (χ0n) is 45.8. The first-order valence-corrected chi connectivity index (χ1v) is 27.0. The molecule has 6 saturated heterocycles. The predicted molar refractivity (Wildman–Crippen MR) is 263 cm³/mol. The number of aliphatic hydroxyl groups excluding tert-OH is 19. The van der Waals surface area contributed by atoms with Gasteiger partial charge in [0, 0.05) is 20.3 Å². The molecular formula is C47H79N3O36. The third kappa shape index (κ3) is 15.8. The van der Waals surface area contributed by atoms with Crippen molar-refractivity contribution in [1.29, 1.82) is 0 Å². The number of aliphatic carboxylic acids is 1. The molecule has 0 unspecified atom stereocenters. The first-order chi connectivity index (χ1) is 40.7. The van der Waals surface area contributed by atoms with Crippen molar-refractivity contribution in [1.82, 2.24) is 16.0 Å². The van der Waals surface area contributed by atoms with Gasteiger partial charge in [-0.15, -0.1) is 0 Å². The molecule has 0 aromatic rings. The predicted octanol–water partition coefficient (Wildman–Crippen LogP) is -15.5. The fourth-order valence-electron chi connectivity index (χ4n) is 10.6. The lowest BCUT2D eigenvalue weighted by atomic mass is 9.88. The summed E-state index contributed by atoms with van der Waals surface area (Å²) in [4.78, 5) is 48.7. The van der Waals surface area contributed by atoms with E-state index >= 15 is 0 Å². The number of carbonyl (C=O) groups excluding carboxylic acids is 3. The third-order valence-electron chi connectivity index (χ3n) is 15.2. The standard InChI is InChI=1S/C47H79N3O36/c1-13(59)49-23-16(61)3-47(46(73)74,85-37(23)25(63)17(62)5-52)86-40-28(66)20(8-55)78-45(34(40)72)81-35-21(9-56)79-41(24(29(35)67)50-14(2)60)83-38-26(64)18(6-53)77-44(32(38)70)84-39-27(65)19(7-54)76-43(33(39)71)82-36-22(10-57)80-42(31(69)30(36)68)75-11-15(4-51)48-12-58/h12,15-45,51-57,61-72H,3-11H2,1-2H3,(H,48,58)(H,49,59)(H,50,60)(H,73,74)/t15-,16+,17-,18-,19-,20-,21-,22-,23-,24-,25-,26+,27+,28+,29-,30-,31-,32-,33-,34-,35-,36-,37-,38+,39+,40+,41+,42-,43+,44-,45+,47+/m1/s1. The Morgan fingerprint density at radius 1 is 0.523 bits per heavy atom.